The fourth-order valence-electron chi connectivity index (χ4n) is 0.479. The number of carbonyl (C=O) groups is 2. The van der Waals surface area contributed by atoms with Gasteiger partial charge in [0.2, 0.25) is 11.8 Å². The molecule has 0 saturated carbocycles. The van der Waals surface area contributed by atoms with Crippen LogP contribution >= 0.6 is 0 Å². The van der Waals surface area contributed by atoms with Crippen LogP contribution in [0.1, 0.15) is 13.8 Å². The fraction of sp³-hybridized carbons (Fsp3) is 0.600. The van der Waals surface area contributed by atoms with E-state index in [2.05, 4.69) is 0 Å². The van der Waals surface area contributed by atoms with Crippen molar-refractivity contribution < 1.29 is 9.59 Å². The van der Waals surface area contributed by atoms with Crippen LogP contribution in [0.4, 0.5) is 0 Å². The minimum atomic E-state index is -0.315. The van der Waals surface area contributed by atoms with Crippen molar-refractivity contribution in [3.63, 3.8) is 0 Å². The van der Waals surface area contributed by atoms with E-state index in [0.29, 0.717) is 0 Å². The van der Waals surface area contributed by atoms with Crippen molar-refractivity contribution in [1.82, 2.24) is 4.90 Å². The molecule has 52 valence electrons. The number of rotatable bonds is 1. The monoisotopic (exact) mass is 130 g/mol. The van der Waals surface area contributed by atoms with E-state index in [1.165, 1.54) is 13.8 Å². The number of nitrogens with two attached hydrogens (primary N) is 1. The summed E-state index contributed by atoms with van der Waals surface area (Å²) >= 11 is 0. The molecule has 0 radical (unpaired) electrons. The Morgan fingerprint density at radius 1 is 1.33 bits per heavy atom. The van der Waals surface area contributed by atoms with Gasteiger partial charge in [-0.05, 0) is 0 Å². The van der Waals surface area contributed by atoms with Crippen LogP contribution in [0.5, 0.6) is 0 Å². The Kier molecular flexibility index (Phi) is 2.87. The molecule has 0 aliphatic carbocycles. The topological polar surface area (TPSA) is 63.4 Å². The Morgan fingerprint density at radius 2 is 1.67 bits per heavy atom. The zero-order chi connectivity index (χ0) is 7.44. The molecule has 0 aliphatic heterocycles. The summed E-state index contributed by atoms with van der Waals surface area (Å²) in [6.07, 6.45) is 0. The molecule has 0 atom stereocenters. The Labute approximate surface area is 53.6 Å². The van der Waals surface area contributed by atoms with Gasteiger partial charge in [0.15, 0.2) is 0 Å². The molecule has 2 amide bonds. The summed E-state index contributed by atoms with van der Waals surface area (Å²) in [4.78, 5) is 21.8. The van der Waals surface area contributed by atoms with Crippen LogP contribution < -0.4 is 5.73 Å². The van der Waals surface area contributed by atoms with Crippen molar-refractivity contribution in [1.29, 1.82) is 0 Å². The quantitative estimate of drug-likeness (QED) is 0.477. The van der Waals surface area contributed by atoms with E-state index in [0.717, 1.165) is 4.90 Å². The highest BCUT2D eigenvalue weighted by Gasteiger charge is 2.09. The Hall–Kier alpha value is -0.900. The number of hydrogen-bond donors (Lipinski definition) is 1. The van der Waals surface area contributed by atoms with E-state index in [9.17, 15) is 9.59 Å². The molecule has 0 saturated heterocycles. The van der Waals surface area contributed by atoms with Crippen LogP contribution in [-0.4, -0.2) is 23.4 Å². The maximum absolute atomic E-state index is 10.4. The fourth-order valence-corrected chi connectivity index (χ4v) is 0.479. The number of nitrogens with zero attached hydrogens (tertiary/aromatic N) is 1. The first-order valence-electron chi connectivity index (χ1n) is 2.58. The third kappa shape index (κ3) is 2.23. The highest BCUT2D eigenvalue weighted by Crippen LogP contribution is 1.84. The van der Waals surface area contributed by atoms with E-state index >= 15 is 0 Å². The van der Waals surface area contributed by atoms with Crippen molar-refractivity contribution in [2.75, 3.05) is 6.67 Å². The molecule has 0 spiro atoms. The van der Waals surface area contributed by atoms with Crippen molar-refractivity contribution in [2.24, 2.45) is 5.73 Å². The molecule has 4 heteroatoms. The largest absolute Gasteiger partial charge is 0.313 e. The smallest absolute Gasteiger partial charge is 0.227 e. The first-order valence-corrected chi connectivity index (χ1v) is 2.58. The number of amides is 2. The van der Waals surface area contributed by atoms with Crippen LogP contribution in [0.3, 0.4) is 0 Å². The van der Waals surface area contributed by atoms with E-state index in [1.807, 2.05) is 0 Å². The second kappa shape index (κ2) is 3.19. The summed E-state index contributed by atoms with van der Waals surface area (Å²) < 4.78 is 0. The summed E-state index contributed by atoms with van der Waals surface area (Å²) in [5.74, 6) is -0.630. The van der Waals surface area contributed by atoms with E-state index in [4.69, 9.17) is 5.73 Å². The van der Waals surface area contributed by atoms with Crippen LogP contribution in [0.25, 0.3) is 0 Å². The summed E-state index contributed by atoms with van der Waals surface area (Å²) in [7, 11) is 0. The third-order valence-corrected chi connectivity index (χ3v) is 0.943. The molecule has 0 unspecified atom stereocenters. The van der Waals surface area contributed by atoms with Crippen LogP contribution in [0.2, 0.25) is 0 Å². The maximum atomic E-state index is 10.4. The van der Waals surface area contributed by atoms with Crippen LogP contribution in [0.15, 0.2) is 0 Å². The molecule has 2 N–H and O–H groups in total. The van der Waals surface area contributed by atoms with Crippen molar-refractivity contribution >= 4 is 11.8 Å². The average molecular weight is 130 g/mol. The zero-order valence-corrected chi connectivity index (χ0v) is 5.55. The van der Waals surface area contributed by atoms with E-state index in [-0.39, 0.29) is 18.5 Å². The predicted molar refractivity (Wildman–Crippen MR) is 32.3 cm³/mol. The Balaban J connectivity index is 3.99. The molecule has 0 bridgehead atoms. The second-order valence-corrected chi connectivity index (χ2v) is 1.65. The van der Waals surface area contributed by atoms with Crippen LogP contribution in [0, 0.1) is 0 Å². The van der Waals surface area contributed by atoms with Gasteiger partial charge in [-0.25, -0.2) is 0 Å². The highest BCUT2D eigenvalue weighted by molar-refractivity contribution is 5.92. The summed E-state index contributed by atoms with van der Waals surface area (Å²) in [5, 5.41) is 0. The molecule has 4 nitrogen and oxygen atoms in total. The molecule has 0 aromatic heterocycles. The first kappa shape index (κ1) is 8.10. The average Bonchev–Trinajstić information content (AvgIpc) is 1.64. The molecule has 0 heterocycles. The molecule has 0 rings (SSSR count). The van der Waals surface area contributed by atoms with Gasteiger partial charge < -0.3 is 5.73 Å². The van der Waals surface area contributed by atoms with E-state index in [1.54, 1.807) is 0 Å². The lowest BCUT2D eigenvalue weighted by Gasteiger charge is -2.12. The lowest BCUT2D eigenvalue weighted by atomic mass is 10.5. The van der Waals surface area contributed by atoms with Gasteiger partial charge in [0.25, 0.3) is 0 Å². The molecular formula is C5H10N2O2. The molecular weight excluding hydrogens is 120 g/mol. The normalized spacial score (nSPS) is 8.78. The molecule has 0 aromatic carbocycles. The number of hydrogen-bond acceptors (Lipinski definition) is 3. The third-order valence-electron chi connectivity index (χ3n) is 0.943. The lowest BCUT2D eigenvalue weighted by molar-refractivity contribution is -0.141. The Morgan fingerprint density at radius 3 is 1.67 bits per heavy atom. The van der Waals surface area contributed by atoms with Gasteiger partial charge in [-0.2, -0.15) is 0 Å². The second-order valence-electron chi connectivity index (χ2n) is 1.65. The van der Waals surface area contributed by atoms with Gasteiger partial charge in [-0.1, -0.05) is 0 Å². The van der Waals surface area contributed by atoms with Gasteiger partial charge in [0.1, 0.15) is 0 Å². The zero-order valence-electron chi connectivity index (χ0n) is 5.55. The van der Waals surface area contributed by atoms with Crippen molar-refractivity contribution in [2.45, 2.75) is 13.8 Å². The summed E-state index contributed by atoms with van der Waals surface area (Å²) in [6.45, 7) is 2.56. The molecule has 0 aliphatic rings. The van der Waals surface area contributed by atoms with Gasteiger partial charge in [-0.15, -0.1) is 0 Å². The predicted octanol–water partition coefficient (Wildman–Crippen LogP) is -0.702. The summed E-state index contributed by atoms with van der Waals surface area (Å²) in [5.41, 5.74) is 5.06. The first-order chi connectivity index (χ1) is 4.09. The van der Waals surface area contributed by atoms with Crippen molar-refractivity contribution in [3.05, 3.63) is 0 Å². The number of imide groups is 1. The number of carbonyl (C=O) groups excluding carboxylic acids is 2. The van der Waals surface area contributed by atoms with Gasteiger partial charge >= 0.3 is 0 Å². The minimum Gasteiger partial charge on any atom is -0.313 e. The maximum Gasteiger partial charge on any atom is 0.227 e. The van der Waals surface area contributed by atoms with Crippen LogP contribution in [-0.2, 0) is 9.59 Å². The summed E-state index contributed by atoms with van der Waals surface area (Å²) in [6, 6.07) is 0. The standard InChI is InChI=1S/C5H10N2O2/c1-4(8)7(3-6)5(2)9/h3,6H2,1-2H3. The lowest BCUT2D eigenvalue weighted by Crippen LogP contribution is -2.37. The molecule has 0 aromatic rings. The molecule has 9 heavy (non-hydrogen) atoms. The van der Waals surface area contributed by atoms with Crippen molar-refractivity contribution in [3.8, 4) is 0 Å². The van der Waals surface area contributed by atoms with Gasteiger partial charge in [0, 0.05) is 13.8 Å². The highest BCUT2D eigenvalue weighted by atomic mass is 16.2. The van der Waals surface area contributed by atoms with E-state index < -0.39 is 0 Å². The SMILES string of the molecule is CC(=O)N(CN)C(C)=O. The van der Waals surface area contributed by atoms with Gasteiger partial charge in [-0.3, -0.25) is 14.5 Å². The Bertz CT molecular complexity index is 119. The molecule has 0 fully saturated rings. The minimum absolute atomic E-state index is 0.0370. The van der Waals surface area contributed by atoms with Gasteiger partial charge in [0.05, 0.1) is 6.67 Å².